The Morgan fingerprint density at radius 2 is 1.81 bits per heavy atom. The summed E-state index contributed by atoms with van der Waals surface area (Å²) < 4.78 is 17.1. The van der Waals surface area contributed by atoms with Crippen LogP contribution in [-0.2, 0) is 15.1 Å². The Balaban J connectivity index is 2.78. The molecule has 1 N–H and O–H groups in total. The number of phenolic OH excluding ortho intramolecular Hbond substituents is 1. The molecular formula is C22H28O4. The lowest BCUT2D eigenvalue weighted by atomic mass is 9.78. The van der Waals surface area contributed by atoms with Crippen molar-refractivity contribution >= 4 is 6.08 Å². The van der Waals surface area contributed by atoms with Gasteiger partial charge in [0, 0.05) is 25.3 Å². The highest BCUT2D eigenvalue weighted by Gasteiger charge is 2.43. The Bertz CT molecular complexity index is 771. The van der Waals surface area contributed by atoms with E-state index in [0.717, 1.165) is 16.7 Å². The molecule has 0 aromatic heterocycles. The lowest BCUT2D eigenvalue weighted by molar-refractivity contribution is -0.0719. The zero-order valence-electron chi connectivity index (χ0n) is 16.4. The van der Waals surface area contributed by atoms with Crippen LogP contribution in [0.5, 0.6) is 11.5 Å². The normalized spacial score (nSPS) is 23.0. The molecule has 4 heteroatoms. The third kappa shape index (κ3) is 3.35. The molecule has 0 saturated heterocycles. The van der Waals surface area contributed by atoms with Gasteiger partial charge in [0.1, 0.15) is 11.7 Å². The summed E-state index contributed by atoms with van der Waals surface area (Å²) in [4.78, 5) is 0. The van der Waals surface area contributed by atoms with E-state index in [2.05, 4.69) is 0 Å². The third-order valence-electron chi connectivity index (χ3n) is 4.74. The van der Waals surface area contributed by atoms with Crippen molar-refractivity contribution in [3.8, 4) is 11.5 Å². The van der Waals surface area contributed by atoms with E-state index in [9.17, 15) is 5.11 Å². The first-order valence-corrected chi connectivity index (χ1v) is 8.64. The summed E-state index contributed by atoms with van der Waals surface area (Å²) in [5.74, 6) is 0.545. The Labute approximate surface area is 156 Å². The van der Waals surface area contributed by atoms with Crippen LogP contribution in [0.1, 0.15) is 30.5 Å². The zero-order valence-corrected chi connectivity index (χ0v) is 16.4. The Morgan fingerprint density at radius 1 is 1.12 bits per heavy atom. The van der Waals surface area contributed by atoms with Gasteiger partial charge in [-0.3, -0.25) is 0 Å². The predicted octanol–water partition coefficient (Wildman–Crippen LogP) is 4.67. The molecule has 1 aromatic carbocycles. The van der Waals surface area contributed by atoms with Gasteiger partial charge < -0.3 is 19.3 Å². The highest BCUT2D eigenvalue weighted by atomic mass is 16.5. The Morgan fingerprint density at radius 3 is 2.35 bits per heavy atom. The summed E-state index contributed by atoms with van der Waals surface area (Å²) in [7, 11) is 4.87. The summed E-state index contributed by atoms with van der Waals surface area (Å²) >= 11 is 0. The molecule has 0 bridgehead atoms. The van der Waals surface area contributed by atoms with Gasteiger partial charge >= 0.3 is 0 Å². The van der Waals surface area contributed by atoms with Gasteiger partial charge in [-0.05, 0) is 50.1 Å². The van der Waals surface area contributed by atoms with Crippen LogP contribution in [0.3, 0.4) is 0 Å². The van der Waals surface area contributed by atoms with Crippen LogP contribution in [-0.4, -0.2) is 32.5 Å². The maximum Gasteiger partial charge on any atom is 0.161 e. The molecule has 0 fully saturated rings. The predicted molar refractivity (Wildman–Crippen MR) is 106 cm³/mol. The summed E-state index contributed by atoms with van der Waals surface area (Å²) in [5, 5.41) is 10.6. The molecule has 26 heavy (non-hydrogen) atoms. The second-order valence-electron chi connectivity index (χ2n) is 6.17. The van der Waals surface area contributed by atoms with Crippen molar-refractivity contribution in [3.05, 3.63) is 64.8 Å². The molecule has 4 nitrogen and oxygen atoms in total. The van der Waals surface area contributed by atoms with Crippen LogP contribution in [0.25, 0.3) is 6.08 Å². The van der Waals surface area contributed by atoms with Gasteiger partial charge in [0.05, 0.1) is 7.11 Å². The number of ether oxygens (including phenoxy) is 3. The van der Waals surface area contributed by atoms with E-state index in [1.165, 1.54) is 0 Å². The average molecular weight is 356 g/mol. The first-order valence-electron chi connectivity index (χ1n) is 8.64. The number of hydrogen-bond acceptors (Lipinski definition) is 4. The third-order valence-corrected chi connectivity index (χ3v) is 4.74. The molecule has 140 valence electrons. The van der Waals surface area contributed by atoms with Gasteiger partial charge in [0.25, 0.3) is 0 Å². The van der Waals surface area contributed by atoms with Gasteiger partial charge in [0.2, 0.25) is 0 Å². The quantitative estimate of drug-likeness (QED) is 0.804. The summed E-state index contributed by atoms with van der Waals surface area (Å²) in [6, 6.07) is 1.82. The number of benzene rings is 1. The van der Waals surface area contributed by atoms with Gasteiger partial charge in [-0.25, -0.2) is 0 Å². The van der Waals surface area contributed by atoms with Crippen LogP contribution in [0.15, 0.2) is 48.1 Å². The molecule has 0 heterocycles. The van der Waals surface area contributed by atoms with E-state index in [-0.39, 0.29) is 11.9 Å². The molecule has 0 amide bonds. The summed E-state index contributed by atoms with van der Waals surface area (Å²) in [6.45, 7) is 5.80. The van der Waals surface area contributed by atoms with Crippen molar-refractivity contribution in [2.45, 2.75) is 32.5 Å². The van der Waals surface area contributed by atoms with E-state index in [0.29, 0.717) is 11.3 Å². The van der Waals surface area contributed by atoms with Crippen molar-refractivity contribution < 1.29 is 19.3 Å². The minimum atomic E-state index is -0.859. The molecule has 0 spiro atoms. The first-order chi connectivity index (χ1) is 12.5. The molecule has 2 unspecified atom stereocenters. The lowest BCUT2D eigenvalue weighted by Gasteiger charge is -2.39. The van der Waals surface area contributed by atoms with Crippen molar-refractivity contribution in [1.29, 1.82) is 0 Å². The van der Waals surface area contributed by atoms with Crippen molar-refractivity contribution in [2.24, 2.45) is 0 Å². The van der Waals surface area contributed by atoms with Gasteiger partial charge in [-0.15, -0.1) is 0 Å². The van der Waals surface area contributed by atoms with E-state index >= 15 is 0 Å². The molecule has 2 rings (SSSR count). The van der Waals surface area contributed by atoms with Crippen LogP contribution in [0, 0.1) is 6.92 Å². The number of aromatic hydroxyl groups is 1. The minimum absolute atomic E-state index is 0.110. The number of hydrogen-bond donors (Lipinski definition) is 1. The molecule has 0 aliphatic heterocycles. The fourth-order valence-corrected chi connectivity index (χ4v) is 3.51. The largest absolute Gasteiger partial charge is 0.504 e. The second kappa shape index (κ2) is 8.39. The first kappa shape index (κ1) is 20.0. The van der Waals surface area contributed by atoms with E-state index < -0.39 is 5.60 Å². The molecular weight excluding hydrogens is 328 g/mol. The van der Waals surface area contributed by atoms with Crippen LogP contribution >= 0.6 is 0 Å². The van der Waals surface area contributed by atoms with E-state index in [4.69, 9.17) is 14.2 Å². The highest BCUT2D eigenvalue weighted by molar-refractivity contribution is 5.67. The summed E-state index contributed by atoms with van der Waals surface area (Å²) in [6.07, 6.45) is 13.6. The van der Waals surface area contributed by atoms with Crippen LogP contribution in [0.4, 0.5) is 0 Å². The Kier molecular flexibility index (Phi) is 6.46. The topological polar surface area (TPSA) is 47.9 Å². The average Bonchev–Trinajstić information content (AvgIpc) is 2.65. The van der Waals surface area contributed by atoms with Gasteiger partial charge in [-0.1, -0.05) is 30.4 Å². The van der Waals surface area contributed by atoms with E-state index in [1.807, 2.05) is 69.4 Å². The second-order valence-corrected chi connectivity index (χ2v) is 6.17. The molecule has 1 aliphatic rings. The van der Waals surface area contributed by atoms with Crippen LogP contribution in [0.2, 0.25) is 0 Å². The van der Waals surface area contributed by atoms with Gasteiger partial charge in [-0.2, -0.15) is 0 Å². The monoisotopic (exact) mass is 356 g/mol. The standard InChI is InChI=1S/C22H28O4/c1-7-9-16-11-12-22(26-6,19(13-16)25-5)20-15(3)21(23)18(24-4)14-17(20)10-8-2/h7-14,19,23H,1-6H3/b9-7?,10-8+. The molecule has 0 saturated carbocycles. The number of rotatable bonds is 6. The zero-order chi connectivity index (χ0) is 19.3. The van der Waals surface area contributed by atoms with Crippen molar-refractivity contribution in [3.63, 3.8) is 0 Å². The molecule has 2 atom stereocenters. The van der Waals surface area contributed by atoms with Crippen molar-refractivity contribution in [2.75, 3.05) is 21.3 Å². The van der Waals surface area contributed by atoms with Gasteiger partial charge in [0.15, 0.2) is 11.5 Å². The SMILES string of the molecule is CC=CC1=CC(OC)C(OC)(c2c(/C=C/C)cc(OC)c(O)c2C)C=C1. The summed E-state index contributed by atoms with van der Waals surface area (Å²) in [5.41, 5.74) is 2.66. The number of methoxy groups -OCH3 is 3. The minimum Gasteiger partial charge on any atom is -0.504 e. The maximum atomic E-state index is 10.6. The number of phenols is 1. The molecule has 1 aliphatic carbocycles. The number of allylic oxidation sites excluding steroid dienone is 5. The van der Waals surface area contributed by atoms with E-state index in [1.54, 1.807) is 21.3 Å². The fourth-order valence-electron chi connectivity index (χ4n) is 3.51. The lowest BCUT2D eigenvalue weighted by Crippen LogP contribution is -2.42. The maximum absolute atomic E-state index is 10.6. The smallest absolute Gasteiger partial charge is 0.161 e. The fraction of sp³-hybridized carbons (Fsp3) is 0.364. The Hall–Kier alpha value is -2.30. The molecule has 1 aromatic rings. The molecule has 0 radical (unpaired) electrons. The van der Waals surface area contributed by atoms with Crippen molar-refractivity contribution in [1.82, 2.24) is 0 Å². The highest BCUT2D eigenvalue weighted by Crippen LogP contribution is 2.45. The van der Waals surface area contributed by atoms with Crippen LogP contribution < -0.4 is 4.74 Å².